The number of aromatic nitrogens is 1. The highest BCUT2D eigenvalue weighted by atomic mass is 16.5. The Morgan fingerprint density at radius 1 is 1.14 bits per heavy atom. The normalized spacial score (nSPS) is 10.9. The van der Waals surface area contributed by atoms with E-state index in [0.717, 1.165) is 28.7 Å². The van der Waals surface area contributed by atoms with Gasteiger partial charge in [0.25, 0.3) is 0 Å². The lowest BCUT2D eigenvalue weighted by Gasteiger charge is -2.06. The first-order chi connectivity index (χ1) is 10.7. The largest absolute Gasteiger partial charge is 0.497 e. The van der Waals surface area contributed by atoms with Gasteiger partial charge in [-0.3, -0.25) is 4.79 Å². The SMILES string of the molecule is CCn1c(C)c(C(=O)c2cccc(OC)c2)c2ccccc21. The van der Waals surface area contributed by atoms with Crippen LogP contribution in [-0.2, 0) is 6.54 Å². The lowest BCUT2D eigenvalue weighted by molar-refractivity contribution is 0.103. The molecule has 0 aliphatic heterocycles. The molecule has 2 aromatic carbocycles. The van der Waals surface area contributed by atoms with E-state index in [9.17, 15) is 4.79 Å². The Hall–Kier alpha value is -2.55. The van der Waals surface area contributed by atoms with E-state index in [1.54, 1.807) is 13.2 Å². The van der Waals surface area contributed by atoms with Crippen molar-refractivity contribution in [2.75, 3.05) is 7.11 Å². The smallest absolute Gasteiger partial charge is 0.195 e. The van der Waals surface area contributed by atoms with Crippen LogP contribution in [0.3, 0.4) is 0 Å². The van der Waals surface area contributed by atoms with Crippen LogP contribution in [0.4, 0.5) is 0 Å². The number of carbonyl (C=O) groups excluding carboxylic acids is 1. The molecule has 0 saturated carbocycles. The molecule has 0 atom stereocenters. The molecule has 0 radical (unpaired) electrons. The minimum Gasteiger partial charge on any atom is -0.497 e. The van der Waals surface area contributed by atoms with Gasteiger partial charge in [0.15, 0.2) is 5.78 Å². The van der Waals surface area contributed by atoms with Gasteiger partial charge in [0.05, 0.1) is 12.7 Å². The summed E-state index contributed by atoms with van der Waals surface area (Å²) in [5.41, 5.74) is 3.55. The molecule has 22 heavy (non-hydrogen) atoms. The zero-order chi connectivity index (χ0) is 15.7. The molecular weight excluding hydrogens is 274 g/mol. The van der Waals surface area contributed by atoms with Crippen LogP contribution in [0, 0.1) is 6.92 Å². The predicted octanol–water partition coefficient (Wildman–Crippen LogP) is 4.21. The summed E-state index contributed by atoms with van der Waals surface area (Å²) in [5, 5.41) is 1.01. The van der Waals surface area contributed by atoms with Gasteiger partial charge in [-0.2, -0.15) is 0 Å². The number of hydrogen-bond acceptors (Lipinski definition) is 2. The number of ketones is 1. The molecule has 3 nitrogen and oxygen atoms in total. The summed E-state index contributed by atoms with van der Waals surface area (Å²) in [6, 6.07) is 15.4. The van der Waals surface area contributed by atoms with E-state index in [1.165, 1.54) is 0 Å². The lowest BCUT2D eigenvalue weighted by Crippen LogP contribution is -2.05. The molecule has 1 aromatic heterocycles. The standard InChI is InChI=1S/C19H19NO2/c1-4-20-13(2)18(16-10-5-6-11-17(16)20)19(21)14-8-7-9-15(12-14)22-3/h5-12H,4H2,1-3H3. The Labute approximate surface area is 130 Å². The lowest BCUT2D eigenvalue weighted by atomic mass is 10.0. The Morgan fingerprint density at radius 2 is 1.91 bits per heavy atom. The van der Waals surface area contributed by atoms with Crippen molar-refractivity contribution in [1.29, 1.82) is 0 Å². The van der Waals surface area contributed by atoms with Gasteiger partial charge in [0.2, 0.25) is 0 Å². The summed E-state index contributed by atoms with van der Waals surface area (Å²) < 4.78 is 7.41. The number of carbonyl (C=O) groups is 1. The number of ether oxygens (including phenoxy) is 1. The maximum absolute atomic E-state index is 13.0. The summed E-state index contributed by atoms with van der Waals surface area (Å²) in [4.78, 5) is 13.0. The number of fused-ring (bicyclic) bond motifs is 1. The van der Waals surface area contributed by atoms with E-state index < -0.39 is 0 Å². The van der Waals surface area contributed by atoms with E-state index >= 15 is 0 Å². The van der Waals surface area contributed by atoms with E-state index in [1.807, 2.05) is 43.3 Å². The van der Waals surface area contributed by atoms with E-state index in [2.05, 4.69) is 17.6 Å². The van der Waals surface area contributed by atoms with Crippen molar-refractivity contribution >= 4 is 16.7 Å². The van der Waals surface area contributed by atoms with Crippen molar-refractivity contribution in [3.8, 4) is 5.75 Å². The third-order valence-corrected chi connectivity index (χ3v) is 4.11. The van der Waals surface area contributed by atoms with Crippen molar-refractivity contribution in [3.05, 3.63) is 65.4 Å². The van der Waals surface area contributed by atoms with E-state index in [-0.39, 0.29) is 5.78 Å². The molecule has 0 amide bonds. The van der Waals surface area contributed by atoms with Gasteiger partial charge in [0, 0.05) is 28.7 Å². The van der Waals surface area contributed by atoms with Crippen LogP contribution in [0.1, 0.15) is 28.5 Å². The van der Waals surface area contributed by atoms with Gasteiger partial charge in [-0.15, -0.1) is 0 Å². The first-order valence-electron chi connectivity index (χ1n) is 7.44. The van der Waals surface area contributed by atoms with Crippen molar-refractivity contribution in [2.24, 2.45) is 0 Å². The molecule has 3 heteroatoms. The second-order valence-corrected chi connectivity index (χ2v) is 5.28. The second kappa shape index (κ2) is 5.68. The van der Waals surface area contributed by atoms with Gasteiger partial charge in [-0.1, -0.05) is 30.3 Å². The molecular formula is C19H19NO2. The molecule has 0 spiro atoms. The third-order valence-electron chi connectivity index (χ3n) is 4.11. The number of methoxy groups -OCH3 is 1. The molecule has 0 N–H and O–H groups in total. The summed E-state index contributed by atoms with van der Waals surface area (Å²) >= 11 is 0. The quantitative estimate of drug-likeness (QED) is 0.675. The minimum absolute atomic E-state index is 0.0415. The highest BCUT2D eigenvalue weighted by molar-refractivity contribution is 6.17. The van der Waals surface area contributed by atoms with Crippen LogP contribution >= 0.6 is 0 Å². The number of rotatable bonds is 4. The fraction of sp³-hybridized carbons (Fsp3) is 0.211. The number of aryl methyl sites for hydroxylation is 1. The Morgan fingerprint density at radius 3 is 2.64 bits per heavy atom. The van der Waals surface area contributed by atoms with Crippen molar-refractivity contribution in [2.45, 2.75) is 20.4 Å². The molecule has 0 aliphatic carbocycles. The molecule has 0 bridgehead atoms. The summed E-state index contributed by atoms with van der Waals surface area (Å²) in [5.74, 6) is 0.738. The van der Waals surface area contributed by atoms with E-state index in [0.29, 0.717) is 11.3 Å². The maximum atomic E-state index is 13.0. The number of hydrogen-bond donors (Lipinski definition) is 0. The number of para-hydroxylation sites is 1. The third kappa shape index (κ3) is 2.19. The van der Waals surface area contributed by atoms with Crippen LogP contribution < -0.4 is 4.74 Å². The number of benzene rings is 2. The second-order valence-electron chi connectivity index (χ2n) is 5.28. The predicted molar refractivity (Wildman–Crippen MR) is 88.8 cm³/mol. The Bertz CT molecular complexity index is 846. The highest BCUT2D eigenvalue weighted by Crippen LogP contribution is 2.28. The topological polar surface area (TPSA) is 31.2 Å². The van der Waals surface area contributed by atoms with Crippen LogP contribution in [0.25, 0.3) is 10.9 Å². The van der Waals surface area contributed by atoms with Crippen LogP contribution in [0.2, 0.25) is 0 Å². The van der Waals surface area contributed by atoms with E-state index in [4.69, 9.17) is 4.74 Å². The first kappa shape index (κ1) is 14.4. The molecule has 112 valence electrons. The molecule has 3 rings (SSSR count). The van der Waals surface area contributed by atoms with Gasteiger partial charge < -0.3 is 9.30 Å². The summed E-state index contributed by atoms with van der Waals surface area (Å²) in [7, 11) is 1.61. The maximum Gasteiger partial charge on any atom is 0.195 e. The van der Waals surface area contributed by atoms with Gasteiger partial charge >= 0.3 is 0 Å². The molecule has 0 aliphatic rings. The van der Waals surface area contributed by atoms with Crippen molar-refractivity contribution in [1.82, 2.24) is 4.57 Å². The van der Waals surface area contributed by atoms with Crippen molar-refractivity contribution < 1.29 is 9.53 Å². The summed E-state index contributed by atoms with van der Waals surface area (Å²) in [6.45, 7) is 4.95. The number of nitrogens with zero attached hydrogens (tertiary/aromatic N) is 1. The zero-order valence-electron chi connectivity index (χ0n) is 13.1. The average Bonchev–Trinajstić information content (AvgIpc) is 2.85. The fourth-order valence-corrected chi connectivity index (χ4v) is 3.03. The molecule has 1 heterocycles. The van der Waals surface area contributed by atoms with Gasteiger partial charge in [0.1, 0.15) is 5.75 Å². The molecule has 0 unspecified atom stereocenters. The minimum atomic E-state index is 0.0415. The van der Waals surface area contributed by atoms with Crippen LogP contribution in [0.5, 0.6) is 5.75 Å². The van der Waals surface area contributed by atoms with Crippen LogP contribution in [0.15, 0.2) is 48.5 Å². The zero-order valence-corrected chi connectivity index (χ0v) is 13.1. The molecule has 0 fully saturated rings. The highest BCUT2D eigenvalue weighted by Gasteiger charge is 2.20. The first-order valence-corrected chi connectivity index (χ1v) is 7.44. The Kier molecular flexibility index (Phi) is 3.72. The van der Waals surface area contributed by atoms with Gasteiger partial charge in [-0.25, -0.2) is 0 Å². The van der Waals surface area contributed by atoms with Crippen molar-refractivity contribution in [3.63, 3.8) is 0 Å². The Balaban J connectivity index is 2.21. The molecule has 3 aromatic rings. The van der Waals surface area contributed by atoms with Crippen LogP contribution in [-0.4, -0.2) is 17.5 Å². The monoisotopic (exact) mass is 293 g/mol. The summed E-state index contributed by atoms with van der Waals surface area (Å²) in [6.07, 6.45) is 0. The van der Waals surface area contributed by atoms with Gasteiger partial charge in [-0.05, 0) is 32.0 Å². The molecule has 0 saturated heterocycles. The average molecular weight is 293 g/mol. The fourth-order valence-electron chi connectivity index (χ4n) is 3.03.